The normalized spacial score (nSPS) is 27.5. The van der Waals surface area contributed by atoms with Gasteiger partial charge in [-0.05, 0) is 23.8 Å². The van der Waals surface area contributed by atoms with Crippen molar-refractivity contribution >= 4 is 5.95 Å². The molecular weight excluding hydrogens is 389 g/mol. The monoisotopic (exact) mass is 417 g/mol. The SMILES string of the molecule is OCC1OC(CNCc2ccc(F)cc2)C(N2CCN(c3ncccn3)CC2)C1O. The minimum atomic E-state index is -0.757. The van der Waals surface area contributed by atoms with Gasteiger partial charge in [0.05, 0.1) is 18.8 Å². The second kappa shape index (κ2) is 9.76. The van der Waals surface area contributed by atoms with E-state index in [1.54, 1.807) is 30.6 Å². The van der Waals surface area contributed by atoms with Crippen molar-refractivity contribution in [3.63, 3.8) is 0 Å². The lowest BCUT2D eigenvalue weighted by Gasteiger charge is -2.40. The molecule has 162 valence electrons. The average molecular weight is 417 g/mol. The van der Waals surface area contributed by atoms with Gasteiger partial charge >= 0.3 is 0 Å². The van der Waals surface area contributed by atoms with E-state index >= 15 is 0 Å². The molecule has 2 aliphatic rings. The van der Waals surface area contributed by atoms with Crippen LogP contribution >= 0.6 is 0 Å². The van der Waals surface area contributed by atoms with Gasteiger partial charge in [-0.25, -0.2) is 14.4 Å². The molecule has 0 bridgehead atoms. The van der Waals surface area contributed by atoms with Crippen molar-refractivity contribution in [2.45, 2.75) is 30.9 Å². The lowest BCUT2D eigenvalue weighted by molar-refractivity contribution is -0.0213. The van der Waals surface area contributed by atoms with Gasteiger partial charge in [0.25, 0.3) is 0 Å². The Hall–Kier alpha value is -2.17. The van der Waals surface area contributed by atoms with E-state index in [0.717, 1.165) is 31.7 Å². The van der Waals surface area contributed by atoms with E-state index in [1.165, 1.54) is 12.1 Å². The summed E-state index contributed by atoms with van der Waals surface area (Å²) in [5.41, 5.74) is 0.974. The first-order chi connectivity index (χ1) is 14.7. The van der Waals surface area contributed by atoms with Gasteiger partial charge in [0.15, 0.2) is 0 Å². The van der Waals surface area contributed by atoms with Crippen molar-refractivity contribution in [3.8, 4) is 0 Å². The standard InChI is InChI=1S/C21H28FN5O3/c22-16-4-2-15(3-5-16)12-23-13-17-19(20(29)18(14-28)30-17)26-8-10-27(11-9-26)21-24-6-1-7-25-21/h1-7,17-20,23,28-29H,8-14H2. The van der Waals surface area contributed by atoms with Crippen molar-refractivity contribution in [2.75, 3.05) is 44.2 Å². The van der Waals surface area contributed by atoms with Crippen molar-refractivity contribution in [2.24, 2.45) is 0 Å². The first kappa shape index (κ1) is 21.1. The maximum absolute atomic E-state index is 13.1. The minimum Gasteiger partial charge on any atom is -0.394 e. The number of hydrogen-bond acceptors (Lipinski definition) is 8. The molecule has 3 N–H and O–H groups in total. The minimum absolute atomic E-state index is 0.207. The van der Waals surface area contributed by atoms with Crippen LogP contribution in [0.4, 0.5) is 10.3 Å². The van der Waals surface area contributed by atoms with Crippen LogP contribution < -0.4 is 10.2 Å². The second-order valence-corrected chi connectivity index (χ2v) is 7.71. The van der Waals surface area contributed by atoms with Gasteiger partial charge in [0, 0.05) is 51.7 Å². The number of rotatable bonds is 7. The highest BCUT2D eigenvalue weighted by Crippen LogP contribution is 2.27. The van der Waals surface area contributed by atoms with Crippen LogP contribution in [-0.4, -0.2) is 88.8 Å². The van der Waals surface area contributed by atoms with Crippen LogP contribution in [0.3, 0.4) is 0 Å². The summed E-state index contributed by atoms with van der Waals surface area (Å²) in [5.74, 6) is 0.456. The Morgan fingerprint density at radius 1 is 1.07 bits per heavy atom. The predicted octanol–water partition coefficient (Wildman–Crippen LogP) is 0.0167. The largest absolute Gasteiger partial charge is 0.394 e. The zero-order chi connectivity index (χ0) is 20.9. The van der Waals surface area contributed by atoms with Gasteiger partial charge < -0.3 is 25.2 Å². The van der Waals surface area contributed by atoms with Crippen LogP contribution in [0.5, 0.6) is 0 Å². The summed E-state index contributed by atoms with van der Waals surface area (Å²) in [5, 5.41) is 23.7. The molecule has 4 unspecified atom stereocenters. The summed E-state index contributed by atoms with van der Waals surface area (Å²) in [7, 11) is 0. The van der Waals surface area contributed by atoms with Crippen molar-refractivity contribution in [3.05, 3.63) is 54.1 Å². The number of aromatic nitrogens is 2. The van der Waals surface area contributed by atoms with Crippen molar-refractivity contribution < 1.29 is 19.3 Å². The number of halogens is 1. The number of ether oxygens (including phenoxy) is 1. The molecule has 2 aliphatic heterocycles. The smallest absolute Gasteiger partial charge is 0.225 e. The zero-order valence-corrected chi connectivity index (χ0v) is 16.8. The fourth-order valence-corrected chi connectivity index (χ4v) is 4.23. The summed E-state index contributed by atoms with van der Waals surface area (Å²) < 4.78 is 19.0. The van der Waals surface area contributed by atoms with Gasteiger partial charge in [0.1, 0.15) is 18.0 Å². The van der Waals surface area contributed by atoms with Gasteiger partial charge in [-0.3, -0.25) is 4.90 Å². The Bertz CT molecular complexity index is 789. The van der Waals surface area contributed by atoms with Crippen LogP contribution in [0.25, 0.3) is 0 Å². The van der Waals surface area contributed by atoms with Crippen molar-refractivity contribution in [1.29, 1.82) is 0 Å². The van der Waals surface area contributed by atoms with Gasteiger partial charge in [0.2, 0.25) is 5.95 Å². The third-order valence-corrected chi connectivity index (χ3v) is 5.80. The maximum atomic E-state index is 13.1. The van der Waals surface area contributed by atoms with Crippen LogP contribution in [0.2, 0.25) is 0 Å². The molecule has 1 aromatic carbocycles. The number of benzene rings is 1. The Morgan fingerprint density at radius 2 is 1.77 bits per heavy atom. The molecule has 30 heavy (non-hydrogen) atoms. The summed E-state index contributed by atoms with van der Waals surface area (Å²) in [6.07, 6.45) is 1.86. The van der Waals surface area contributed by atoms with Gasteiger partial charge in [-0.15, -0.1) is 0 Å². The van der Waals surface area contributed by atoms with Crippen molar-refractivity contribution in [1.82, 2.24) is 20.2 Å². The van der Waals surface area contributed by atoms with Gasteiger partial charge in [-0.2, -0.15) is 0 Å². The van der Waals surface area contributed by atoms with E-state index < -0.39 is 12.2 Å². The molecule has 2 saturated heterocycles. The number of anilines is 1. The van der Waals surface area contributed by atoms with Crippen LogP contribution in [-0.2, 0) is 11.3 Å². The molecule has 4 atom stereocenters. The molecule has 2 fully saturated rings. The number of piperazine rings is 1. The van der Waals surface area contributed by atoms with Crippen LogP contribution in [0.1, 0.15) is 5.56 Å². The molecule has 3 heterocycles. The highest BCUT2D eigenvalue weighted by Gasteiger charge is 2.46. The lowest BCUT2D eigenvalue weighted by Crippen LogP contribution is -2.57. The first-order valence-corrected chi connectivity index (χ1v) is 10.3. The molecule has 4 rings (SSSR count). The molecular formula is C21H28FN5O3. The molecule has 2 aromatic rings. The first-order valence-electron chi connectivity index (χ1n) is 10.3. The van der Waals surface area contributed by atoms with E-state index in [1.807, 2.05) is 0 Å². The third-order valence-electron chi connectivity index (χ3n) is 5.80. The van der Waals surface area contributed by atoms with Crippen LogP contribution in [0.15, 0.2) is 42.7 Å². The summed E-state index contributed by atoms with van der Waals surface area (Å²) in [4.78, 5) is 13.0. The van der Waals surface area contributed by atoms with E-state index in [4.69, 9.17) is 4.74 Å². The summed E-state index contributed by atoms with van der Waals surface area (Å²) in [6.45, 7) is 3.89. The number of aliphatic hydroxyl groups is 2. The lowest BCUT2D eigenvalue weighted by atomic mass is 10.0. The molecule has 0 aliphatic carbocycles. The van der Waals surface area contributed by atoms with E-state index in [0.29, 0.717) is 19.0 Å². The Balaban J connectivity index is 1.35. The number of nitrogens with zero attached hydrogens (tertiary/aromatic N) is 4. The number of hydrogen-bond donors (Lipinski definition) is 3. The number of nitrogens with one attached hydrogen (secondary N) is 1. The highest BCUT2D eigenvalue weighted by atomic mass is 19.1. The molecule has 9 heteroatoms. The van der Waals surface area contributed by atoms with E-state index in [-0.39, 0.29) is 24.6 Å². The Kier molecular flexibility index (Phi) is 6.86. The number of aliphatic hydroxyl groups excluding tert-OH is 2. The average Bonchev–Trinajstić information content (AvgIpc) is 3.11. The molecule has 0 spiro atoms. The summed E-state index contributed by atoms with van der Waals surface area (Å²) >= 11 is 0. The highest BCUT2D eigenvalue weighted by molar-refractivity contribution is 5.29. The molecule has 0 saturated carbocycles. The zero-order valence-electron chi connectivity index (χ0n) is 16.8. The van der Waals surface area contributed by atoms with E-state index in [9.17, 15) is 14.6 Å². The molecule has 8 nitrogen and oxygen atoms in total. The third kappa shape index (κ3) is 4.76. The Morgan fingerprint density at radius 3 is 2.43 bits per heavy atom. The van der Waals surface area contributed by atoms with E-state index in [2.05, 4.69) is 25.1 Å². The van der Waals surface area contributed by atoms with Crippen LogP contribution in [0, 0.1) is 5.82 Å². The molecule has 0 amide bonds. The maximum Gasteiger partial charge on any atom is 0.225 e. The molecule has 1 aromatic heterocycles. The van der Waals surface area contributed by atoms with Gasteiger partial charge in [-0.1, -0.05) is 12.1 Å². The second-order valence-electron chi connectivity index (χ2n) is 7.71. The fourth-order valence-electron chi connectivity index (χ4n) is 4.23. The Labute approximate surface area is 175 Å². The fraction of sp³-hybridized carbons (Fsp3) is 0.524. The quantitative estimate of drug-likeness (QED) is 0.581. The summed E-state index contributed by atoms with van der Waals surface area (Å²) in [6, 6.07) is 7.95. The topological polar surface area (TPSA) is 94.0 Å². The molecule has 0 radical (unpaired) electrons. The predicted molar refractivity (Wildman–Crippen MR) is 109 cm³/mol.